The van der Waals surface area contributed by atoms with E-state index in [1.54, 1.807) is 0 Å². The third kappa shape index (κ3) is 22.3. The number of carbonyl (C=O) groups excluding carboxylic acids is 1. The van der Waals surface area contributed by atoms with Crippen molar-refractivity contribution in [3.8, 4) is 0 Å². The third-order valence-corrected chi connectivity index (χ3v) is 4.34. The molecular formula is C20H42O3Po. The number of unbranched alkanes of at least 4 members (excludes halogenated alkanes) is 14. The summed E-state index contributed by atoms with van der Waals surface area (Å²) in [5, 5.41) is 8.54. The summed E-state index contributed by atoms with van der Waals surface area (Å²) in [4.78, 5) is 11.2. The molecule has 0 radical (unpaired) electrons. The molecule has 0 aliphatic rings. The van der Waals surface area contributed by atoms with E-state index in [4.69, 9.17) is 9.84 Å². The molecule has 0 rings (SSSR count). The molecule has 4 heteroatoms. The number of ether oxygens (including phenoxy) is 1. The molecule has 0 aromatic heterocycles. The van der Waals surface area contributed by atoms with Gasteiger partial charge in [0.05, 0.1) is 6.61 Å². The molecule has 24 heavy (non-hydrogen) atoms. The summed E-state index contributed by atoms with van der Waals surface area (Å²) in [5.74, 6) is -0.172. The SMILES string of the molecule is CCCCCCCCCCCCCCCCCC(=O)OCCO.[PoH2]. The van der Waals surface area contributed by atoms with Gasteiger partial charge < -0.3 is 9.84 Å². The zero-order valence-electron chi connectivity index (χ0n) is 16.0. The Morgan fingerprint density at radius 1 is 0.708 bits per heavy atom. The predicted octanol–water partition coefficient (Wildman–Crippen LogP) is 4.87. The van der Waals surface area contributed by atoms with Gasteiger partial charge in [0, 0.05) is 6.42 Å². The number of esters is 1. The second-order valence-electron chi connectivity index (χ2n) is 6.64. The van der Waals surface area contributed by atoms with Crippen LogP contribution in [0.25, 0.3) is 0 Å². The van der Waals surface area contributed by atoms with E-state index in [1.807, 2.05) is 0 Å². The van der Waals surface area contributed by atoms with Crippen LogP contribution in [0.5, 0.6) is 0 Å². The molecule has 0 saturated carbocycles. The average molecular weight is 540 g/mol. The van der Waals surface area contributed by atoms with Gasteiger partial charge in [0.15, 0.2) is 0 Å². The van der Waals surface area contributed by atoms with E-state index < -0.39 is 0 Å². The second kappa shape index (κ2) is 23.3. The summed E-state index contributed by atoms with van der Waals surface area (Å²) >= 11 is 0. The first-order chi connectivity index (χ1) is 11.3. The van der Waals surface area contributed by atoms with Crippen molar-refractivity contribution < 1.29 is 14.6 Å². The Kier molecular flexibility index (Phi) is 25.8. The number of rotatable bonds is 18. The first-order valence-electron chi connectivity index (χ1n) is 10.1. The molecule has 0 bridgehead atoms. The van der Waals surface area contributed by atoms with Gasteiger partial charge in [-0.15, -0.1) is 0 Å². The zero-order valence-corrected chi connectivity index (χ0v) is 19.9. The molecule has 0 heterocycles. The first kappa shape index (κ1) is 26.6. The van der Waals surface area contributed by atoms with Crippen LogP contribution in [0.4, 0.5) is 0 Å². The van der Waals surface area contributed by atoms with Gasteiger partial charge in [-0.2, -0.15) is 0 Å². The average Bonchev–Trinajstić information content (AvgIpc) is 2.56. The summed E-state index contributed by atoms with van der Waals surface area (Å²) in [6.45, 7) is 2.33. The normalized spacial score (nSPS) is 10.4. The first-order valence-corrected chi connectivity index (χ1v) is 10.1. The number of aliphatic hydroxyl groups is 1. The van der Waals surface area contributed by atoms with Gasteiger partial charge in [0.25, 0.3) is 0 Å². The van der Waals surface area contributed by atoms with Crippen molar-refractivity contribution in [3.05, 3.63) is 0 Å². The van der Waals surface area contributed by atoms with E-state index in [2.05, 4.69) is 6.92 Å². The van der Waals surface area contributed by atoms with Crippen LogP contribution in [0.15, 0.2) is 0 Å². The number of hydrogen-bond acceptors (Lipinski definition) is 3. The van der Waals surface area contributed by atoms with Gasteiger partial charge >= 0.3 is 32.5 Å². The van der Waals surface area contributed by atoms with Gasteiger partial charge in [-0.05, 0) is 6.42 Å². The summed E-state index contributed by atoms with van der Waals surface area (Å²) in [7, 11) is 0. The predicted molar refractivity (Wildman–Crippen MR) is 106 cm³/mol. The minimum absolute atomic E-state index is 0. The quantitative estimate of drug-likeness (QED) is 0.200. The Balaban J connectivity index is 0. The monoisotopic (exact) mass is 539 g/mol. The van der Waals surface area contributed by atoms with Crippen molar-refractivity contribution in [1.29, 1.82) is 0 Å². The summed E-state index contributed by atoms with van der Waals surface area (Å²) in [6.07, 6.45) is 20.4. The van der Waals surface area contributed by atoms with Crippen molar-refractivity contribution in [2.75, 3.05) is 13.2 Å². The van der Waals surface area contributed by atoms with Crippen LogP contribution < -0.4 is 0 Å². The molecule has 0 atom stereocenters. The number of carbonyl (C=O) groups is 1. The van der Waals surface area contributed by atoms with Gasteiger partial charge in [-0.1, -0.05) is 96.8 Å². The topological polar surface area (TPSA) is 46.5 Å². The van der Waals surface area contributed by atoms with Crippen LogP contribution >= 0.6 is 0 Å². The van der Waals surface area contributed by atoms with Crippen molar-refractivity contribution in [1.82, 2.24) is 0 Å². The zero-order chi connectivity index (χ0) is 17.0. The Hall–Kier alpha value is 0.326. The van der Waals surface area contributed by atoms with Gasteiger partial charge in [-0.25, -0.2) is 0 Å². The standard InChI is InChI=1S/C20H40O3.Po.2H/c1-2-3-4-5-6-7-8-9-10-11-12-13-14-15-16-17-20(22)23-19-18-21;;;/h21H,2-19H2,1H3;;;. The van der Waals surface area contributed by atoms with E-state index in [1.165, 1.54) is 83.5 Å². The van der Waals surface area contributed by atoms with Crippen molar-refractivity contribution in [2.24, 2.45) is 0 Å². The molecule has 0 spiro atoms. The molecule has 0 aliphatic carbocycles. The van der Waals surface area contributed by atoms with Crippen LogP contribution in [0.3, 0.4) is 0 Å². The van der Waals surface area contributed by atoms with E-state index in [9.17, 15) is 4.79 Å². The Labute approximate surface area is 169 Å². The van der Waals surface area contributed by atoms with Crippen LogP contribution in [-0.4, -0.2) is 50.9 Å². The van der Waals surface area contributed by atoms with Gasteiger partial charge in [0.2, 0.25) is 0 Å². The fourth-order valence-corrected chi connectivity index (χ4v) is 2.87. The molecule has 0 fully saturated rings. The Morgan fingerprint density at radius 3 is 1.46 bits per heavy atom. The summed E-state index contributed by atoms with van der Waals surface area (Å²) in [5.41, 5.74) is 0. The molecule has 146 valence electrons. The third-order valence-electron chi connectivity index (χ3n) is 4.34. The van der Waals surface area contributed by atoms with Crippen molar-refractivity contribution >= 4 is 32.5 Å². The van der Waals surface area contributed by atoms with Gasteiger partial charge in [0.1, 0.15) is 6.61 Å². The van der Waals surface area contributed by atoms with E-state index >= 15 is 0 Å². The molecule has 1 N–H and O–H groups in total. The maximum atomic E-state index is 11.2. The van der Waals surface area contributed by atoms with E-state index in [0.29, 0.717) is 6.42 Å². The Bertz CT molecular complexity index is 247. The summed E-state index contributed by atoms with van der Waals surface area (Å²) in [6, 6.07) is 0. The molecule has 0 unspecified atom stereocenters. The van der Waals surface area contributed by atoms with E-state index in [-0.39, 0.29) is 45.7 Å². The molecule has 0 aromatic rings. The molecular weight excluding hydrogens is 497 g/mol. The van der Waals surface area contributed by atoms with Crippen LogP contribution in [-0.2, 0) is 9.53 Å². The summed E-state index contributed by atoms with van der Waals surface area (Å²) < 4.78 is 4.82. The van der Waals surface area contributed by atoms with Crippen LogP contribution in [0.1, 0.15) is 110 Å². The maximum absolute atomic E-state index is 11.2. The number of hydrogen-bond donors (Lipinski definition) is 1. The minimum atomic E-state index is -0.172. The molecule has 0 aliphatic heterocycles. The van der Waals surface area contributed by atoms with Crippen LogP contribution in [0, 0.1) is 0 Å². The Morgan fingerprint density at radius 2 is 1.08 bits per heavy atom. The second-order valence-corrected chi connectivity index (χ2v) is 6.64. The molecule has 0 aromatic carbocycles. The fraction of sp³-hybridized carbons (Fsp3) is 0.950. The number of aliphatic hydroxyl groups excluding tert-OH is 1. The van der Waals surface area contributed by atoms with Gasteiger partial charge in [-0.3, -0.25) is 4.79 Å². The molecule has 3 nitrogen and oxygen atoms in total. The fourth-order valence-electron chi connectivity index (χ4n) is 2.87. The van der Waals surface area contributed by atoms with Crippen molar-refractivity contribution in [3.63, 3.8) is 0 Å². The van der Waals surface area contributed by atoms with Crippen LogP contribution in [0.2, 0.25) is 0 Å². The van der Waals surface area contributed by atoms with E-state index in [0.717, 1.165) is 12.8 Å². The molecule has 0 saturated heterocycles. The molecule has 0 amide bonds. The van der Waals surface area contributed by atoms with Crippen molar-refractivity contribution in [2.45, 2.75) is 110 Å².